The fourth-order valence-electron chi connectivity index (χ4n) is 3.35. The van der Waals surface area contributed by atoms with E-state index < -0.39 is 0 Å². The van der Waals surface area contributed by atoms with Crippen LogP contribution in [0, 0.1) is 11.3 Å². The topological polar surface area (TPSA) is 46.3 Å². The summed E-state index contributed by atoms with van der Waals surface area (Å²) < 4.78 is 0. The van der Waals surface area contributed by atoms with Gasteiger partial charge in [0.1, 0.15) is 0 Å². The fraction of sp³-hybridized carbons (Fsp3) is 0.929. The second-order valence-corrected chi connectivity index (χ2v) is 6.03. The Balaban J connectivity index is 1.86. The SMILES string of the molecule is CN(CC1CCCCC1)C(=O)C1(CN)CCC1. The Morgan fingerprint density at radius 1 is 1.24 bits per heavy atom. The number of nitrogens with two attached hydrogens (primary N) is 1. The Kier molecular flexibility index (Phi) is 4.08. The second kappa shape index (κ2) is 5.38. The maximum absolute atomic E-state index is 12.4. The lowest BCUT2D eigenvalue weighted by Gasteiger charge is -2.42. The van der Waals surface area contributed by atoms with Crippen LogP contribution in [-0.2, 0) is 4.79 Å². The van der Waals surface area contributed by atoms with Gasteiger partial charge in [-0.25, -0.2) is 0 Å². The van der Waals surface area contributed by atoms with Crippen molar-refractivity contribution in [2.75, 3.05) is 20.1 Å². The van der Waals surface area contributed by atoms with E-state index in [0.717, 1.165) is 25.3 Å². The minimum atomic E-state index is -0.191. The molecule has 0 saturated heterocycles. The van der Waals surface area contributed by atoms with Crippen LogP contribution in [0.5, 0.6) is 0 Å². The first kappa shape index (κ1) is 12.9. The van der Waals surface area contributed by atoms with Crippen LogP contribution < -0.4 is 5.73 Å². The zero-order valence-corrected chi connectivity index (χ0v) is 11.1. The van der Waals surface area contributed by atoms with Crippen molar-refractivity contribution in [1.29, 1.82) is 0 Å². The summed E-state index contributed by atoms with van der Waals surface area (Å²) in [6.45, 7) is 1.47. The quantitative estimate of drug-likeness (QED) is 0.815. The summed E-state index contributed by atoms with van der Waals surface area (Å²) in [5.41, 5.74) is 5.60. The molecule has 0 aliphatic heterocycles. The highest BCUT2D eigenvalue weighted by Crippen LogP contribution is 2.41. The van der Waals surface area contributed by atoms with E-state index in [1.807, 2.05) is 11.9 Å². The Morgan fingerprint density at radius 2 is 1.88 bits per heavy atom. The van der Waals surface area contributed by atoms with Crippen molar-refractivity contribution in [3.05, 3.63) is 0 Å². The predicted molar refractivity (Wildman–Crippen MR) is 69.6 cm³/mol. The molecule has 0 heterocycles. The number of carbonyl (C=O) groups excluding carboxylic acids is 1. The smallest absolute Gasteiger partial charge is 0.229 e. The number of hydrogen-bond acceptors (Lipinski definition) is 2. The van der Waals surface area contributed by atoms with Gasteiger partial charge in [-0.15, -0.1) is 0 Å². The van der Waals surface area contributed by atoms with Gasteiger partial charge in [0.2, 0.25) is 5.91 Å². The summed E-state index contributed by atoms with van der Waals surface area (Å²) >= 11 is 0. The van der Waals surface area contributed by atoms with Crippen molar-refractivity contribution in [2.24, 2.45) is 17.1 Å². The molecule has 1 amide bonds. The molecule has 0 radical (unpaired) electrons. The van der Waals surface area contributed by atoms with Gasteiger partial charge >= 0.3 is 0 Å². The van der Waals surface area contributed by atoms with Crippen LogP contribution in [0.2, 0.25) is 0 Å². The van der Waals surface area contributed by atoms with Crippen LogP contribution in [0.1, 0.15) is 51.4 Å². The fourth-order valence-corrected chi connectivity index (χ4v) is 3.35. The van der Waals surface area contributed by atoms with Crippen molar-refractivity contribution in [1.82, 2.24) is 4.90 Å². The first-order chi connectivity index (χ1) is 8.18. The summed E-state index contributed by atoms with van der Waals surface area (Å²) in [7, 11) is 1.96. The summed E-state index contributed by atoms with van der Waals surface area (Å²) in [5, 5.41) is 0. The lowest BCUT2D eigenvalue weighted by atomic mass is 9.67. The third kappa shape index (κ3) is 2.65. The zero-order chi connectivity index (χ0) is 12.3. The van der Waals surface area contributed by atoms with Gasteiger partial charge in [-0.1, -0.05) is 25.7 Å². The van der Waals surface area contributed by atoms with E-state index in [-0.39, 0.29) is 5.41 Å². The van der Waals surface area contributed by atoms with Crippen LogP contribution in [-0.4, -0.2) is 30.9 Å². The second-order valence-electron chi connectivity index (χ2n) is 6.03. The first-order valence-corrected chi connectivity index (χ1v) is 7.13. The largest absolute Gasteiger partial charge is 0.345 e. The molecule has 2 N–H and O–H groups in total. The number of amides is 1. The Morgan fingerprint density at radius 3 is 2.35 bits per heavy atom. The highest BCUT2D eigenvalue weighted by Gasteiger charge is 2.44. The molecule has 0 spiro atoms. The van der Waals surface area contributed by atoms with E-state index in [0.29, 0.717) is 12.5 Å². The summed E-state index contributed by atoms with van der Waals surface area (Å²) in [6.07, 6.45) is 9.82. The van der Waals surface area contributed by atoms with Crippen molar-refractivity contribution in [3.63, 3.8) is 0 Å². The summed E-state index contributed by atoms with van der Waals surface area (Å²) in [6, 6.07) is 0. The Hall–Kier alpha value is -0.570. The van der Waals surface area contributed by atoms with Crippen molar-refractivity contribution in [2.45, 2.75) is 51.4 Å². The van der Waals surface area contributed by atoms with Gasteiger partial charge in [0, 0.05) is 20.1 Å². The maximum Gasteiger partial charge on any atom is 0.229 e. The first-order valence-electron chi connectivity index (χ1n) is 7.13. The van der Waals surface area contributed by atoms with Crippen LogP contribution in [0.25, 0.3) is 0 Å². The van der Waals surface area contributed by atoms with Crippen LogP contribution in [0.3, 0.4) is 0 Å². The number of nitrogens with zero attached hydrogens (tertiary/aromatic N) is 1. The molecule has 0 bridgehead atoms. The molecule has 98 valence electrons. The van der Waals surface area contributed by atoms with E-state index in [2.05, 4.69) is 0 Å². The molecule has 2 saturated carbocycles. The van der Waals surface area contributed by atoms with Crippen molar-refractivity contribution < 1.29 is 4.79 Å². The van der Waals surface area contributed by atoms with E-state index in [9.17, 15) is 4.79 Å². The van der Waals surface area contributed by atoms with Gasteiger partial charge in [0.05, 0.1) is 5.41 Å². The molecular weight excluding hydrogens is 212 g/mol. The molecule has 0 aromatic rings. The predicted octanol–water partition coefficient (Wildman–Crippen LogP) is 2.15. The maximum atomic E-state index is 12.4. The minimum Gasteiger partial charge on any atom is -0.345 e. The van der Waals surface area contributed by atoms with Crippen molar-refractivity contribution in [3.8, 4) is 0 Å². The average Bonchev–Trinajstić information content (AvgIpc) is 2.29. The Bertz CT molecular complexity index is 262. The molecule has 17 heavy (non-hydrogen) atoms. The molecule has 2 aliphatic rings. The van der Waals surface area contributed by atoms with Gasteiger partial charge in [-0.3, -0.25) is 4.79 Å². The molecule has 2 rings (SSSR count). The summed E-state index contributed by atoms with van der Waals surface area (Å²) in [5.74, 6) is 1.03. The van der Waals surface area contributed by atoms with Crippen LogP contribution in [0.4, 0.5) is 0 Å². The van der Waals surface area contributed by atoms with E-state index in [1.54, 1.807) is 0 Å². The third-order valence-corrected chi connectivity index (χ3v) is 4.76. The van der Waals surface area contributed by atoms with Crippen LogP contribution >= 0.6 is 0 Å². The molecule has 0 unspecified atom stereocenters. The molecule has 2 fully saturated rings. The highest BCUT2D eigenvalue weighted by molar-refractivity contribution is 5.83. The Labute approximate surface area is 105 Å². The number of rotatable bonds is 4. The van der Waals surface area contributed by atoms with E-state index in [4.69, 9.17) is 5.73 Å². The lowest BCUT2D eigenvalue weighted by Crippen LogP contribution is -2.51. The lowest BCUT2D eigenvalue weighted by molar-refractivity contribution is -0.146. The molecular formula is C14H26N2O. The molecule has 3 heteroatoms. The summed E-state index contributed by atoms with van der Waals surface area (Å²) in [4.78, 5) is 14.4. The van der Waals surface area contributed by atoms with Gasteiger partial charge in [-0.05, 0) is 31.6 Å². The van der Waals surface area contributed by atoms with Crippen molar-refractivity contribution >= 4 is 5.91 Å². The van der Waals surface area contributed by atoms with E-state index >= 15 is 0 Å². The van der Waals surface area contributed by atoms with Gasteiger partial charge in [0.15, 0.2) is 0 Å². The molecule has 0 atom stereocenters. The molecule has 0 aromatic carbocycles. The van der Waals surface area contributed by atoms with Gasteiger partial charge in [-0.2, -0.15) is 0 Å². The zero-order valence-electron chi connectivity index (χ0n) is 11.1. The number of carbonyl (C=O) groups is 1. The highest BCUT2D eigenvalue weighted by atomic mass is 16.2. The molecule has 3 nitrogen and oxygen atoms in total. The minimum absolute atomic E-state index is 0.191. The van der Waals surface area contributed by atoms with E-state index in [1.165, 1.54) is 38.5 Å². The molecule has 2 aliphatic carbocycles. The van der Waals surface area contributed by atoms with Crippen LogP contribution in [0.15, 0.2) is 0 Å². The third-order valence-electron chi connectivity index (χ3n) is 4.76. The van der Waals surface area contributed by atoms with Gasteiger partial charge in [0.25, 0.3) is 0 Å². The number of hydrogen-bond donors (Lipinski definition) is 1. The standard InChI is InChI=1S/C14H26N2O/c1-16(10-12-6-3-2-4-7-12)13(17)14(11-15)8-5-9-14/h12H,2-11,15H2,1H3. The monoisotopic (exact) mass is 238 g/mol. The average molecular weight is 238 g/mol. The molecule has 0 aromatic heterocycles. The van der Waals surface area contributed by atoms with Gasteiger partial charge < -0.3 is 10.6 Å². The normalized spacial score (nSPS) is 24.1.